The van der Waals surface area contributed by atoms with Gasteiger partial charge in [0, 0.05) is 12.7 Å². The van der Waals surface area contributed by atoms with Crippen molar-refractivity contribution in [1.29, 1.82) is 0 Å². The Kier molecular flexibility index (Phi) is 6.23. The second kappa shape index (κ2) is 9.08. The highest BCUT2D eigenvalue weighted by atomic mass is 19.1. The molecule has 6 nitrogen and oxygen atoms in total. The predicted octanol–water partition coefficient (Wildman–Crippen LogP) is 3.37. The van der Waals surface area contributed by atoms with Crippen LogP contribution < -0.4 is 15.5 Å². The Bertz CT molecular complexity index is 1210. The summed E-state index contributed by atoms with van der Waals surface area (Å²) in [4.78, 5) is 25.9. The maximum absolute atomic E-state index is 14.7. The fourth-order valence-electron chi connectivity index (χ4n) is 4.19. The van der Waals surface area contributed by atoms with E-state index in [4.69, 9.17) is 4.74 Å². The minimum Gasteiger partial charge on any atom is -0.497 e. The first-order valence-corrected chi connectivity index (χ1v) is 10.5. The second-order valence-corrected chi connectivity index (χ2v) is 8.03. The minimum absolute atomic E-state index is 0.105. The Labute approximate surface area is 183 Å². The van der Waals surface area contributed by atoms with Gasteiger partial charge in [-0.15, -0.1) is 0 Å². The molecule has 2 atom stereocenters. The summed E-state index contributed by atoms with van der Waals surface area (Å²) in [7, 11) is 1.54. The van der Waals surface area contributed by atoms with Crippen LogP contribution in [0.5, 0.6) is 5.75 Å². The lowest BCUT2D eigenvalue weighted by Crippen LogP contribution is -2.46. The Morgan fingerprint density at radius 1 is 1.12 bits per heavy atom. The van der Waals surface area contributed by atoms with E-state index in [-0.39, 0.29) is 17.6 Å². The van der Waals surface area contributed by atoms with Gasteiger partial charge in [-0.05, 0) is 42.7 Å². The quantitative estimate of drug-likeness (QED) is 0.635. The zero-order valence-electron chi connectivity index (χ0n) is 17.6. The van der Waals surface area contributed by atoms with E-state index in [1.54, 1.807) is 24.3 Å². The highest BCUT2D eigenvalue weighted by Crippen LogP contribution is 2.22. The van der Waals surface area contributed by atoms with Crippen LogP contribution in [0.15, 0.2) is 47.4 Å². The first-order chi connectivity index (χ1) is 15.4. The number of amides is 1. The molecule has 1 amide bonds. The van der Waals surface area contributed by atoms with Crippen LogP contribution in [-0.2, 0) is 6.54 Å². The van der Waals surface area contributed by atoms with Crippen molar-refractivity contribution in [2.75, 3.05) is 7.11 Å². The lowest BCUT2D eigenvalue weighted by atomic mass is 9.92. The molecule has 2 N–H and O–H groups in total. The molecular formula is C24H24F2N2O4. The number of carbonyl (C=O) groups is 1. The van der Waals surface area contributed by atoms with Crippen LogP contribution >= 0.6 is 0 Å². The number of carbonyl (C=O) groups excluding carboxylic acids is 1. The largest absolute Gasteiger partial charge is 0.497 e. The summed E-state index contributed by atoms with van der Waals surface area (Å²) >= 11 is 0. The van der Waals surface area contributed by atoms with Crippen molar-refractivity contribution in [2.45, 2.75) is 44.4 Å². The molecule has 0 spiro atoms. The fourth-order valence-corrected chi connectivity index (χ4v) is 4.19. The number of halogens is 2. The smallest absolute Gasteiger partial charge is 0.257 e. The number of nitrogens with one attached hydrogen (secondary N) is 1. The first-order valence-electron chi connectivity index (χ1n) is 10.5. The highest BCUT2D eigenvalue weighted by molar-refractivity contribution is 5.97. The number of aromatic nitrogens is 1. The van der Waals surface area contributed by atoms with Crippen molar-refractivity contribution in [2.24, 2.45) is 0 Å². The molecule has 0 aliphatic heterocycles. The van der Waals surface area contributed by atoms with Crippen molar-refractivity contribution in [3.63, 3.8) is 0 Å². The van der Waals surface area contributed by atoms with E-state index in [0.29, 0.717) is 18.6 Å². The van der Waals surface area contributed by atoms with Crippen molar-refractivity contribution in [3.8, 4) is 5.75 Å². The summed E-state index contributed by atoms with van der Waals surface area (Å²) in [6.07, 6.45) is 3.41. The molecule has 0 bridgehead atoms. The number of hydrogen-bond donors (Lipinski definition) is 2. The SMILES string of the molecule is COc1ccc(Cn2cc(C(=O)N[C@@H]3CCCC[C@H]3O)c(=O)c3c(F)ccc(F)c32)cc1. The Balaban J connectivity index is 1.79. The van der Waals surface area contributed by atoms with Crippen LogP contribution in [0.3, 0.4) is 0 Å². The molecule has 4 rings (SSSR count). The number of rotatable bonds is 5. The molecule has 0 saturated heterocycles. The maximum Gasteiger partial charge on any atom is 0.257 e. The summed E-state index contributed by atoms with van der Waals surface area (Å²) < 4.78 is 35.9. The number of nitrogens with zero attached hydrogens (tertiary/aromatic N) is 1. The summed E-state index contributed by atoms with van der Waals surface area (Å²) in [5, 5.41) is 12.4. The van der Waals surface area contributed by atoms with E-state index in [9.17, 15) is 23.5 Å². The number of hydrogen-bond acceptors (Lipinski definition) is 4. The molecule has 0 radical (unpaired) electrons. The lowest BCUT2D eigenvalue weighted by Gasteiger charge is -2.28. The van der Waals surface area contributed by atoms with Gasteiger partial charge in [0.2, 0.25) is 5.43 Å². The molecule has 1 aliphatic carbocycles. The van der Waals surface area contributed by atoms with Crippen LogP contribution in [0, 0.1) is 11.6 Å². The van der Waals surface area contributed by atoms with Crippen molar-refractivity contribution < 1.29 is 23.4 Å². The van der Waals surface area contributed by atoms with E-state index in [1.165, 1.54) is 17.9 Å². The third-order valence-corrected chi connectivity index (χ3v) is 5.92. The molecule has 1 saturated carbocycles. The monoisotopic (exact) mass is 442 g/mol. The predicted molar refractivity (Wildman–Crippen MR) is 116 cm³/mol. The summed E-state index contributed by atoms with van der Waals surface area (Å²) in [6.45, 7) is 0.105. The van der Waals surface area contributed by atoms with Gasteiger partial charge < -0.3 is 19.7 Å². The van der Waals surface area contributed by atoms with Gasteiger partial charge in [0.15, 0.2) is 0 Å². The van der Waals surface area contributed by atoms with E-state index in [2.05, 4.69) is 5.32 Å². The van der Waals surface area contributed by atoms with Gasteiger partial charge in [0.1, 0.15) is 22.9 Å². The van der Waals surface area contributed by atoms with Gasteiger partial charge in [-0.25, -0.2) is 8.78 Å². The van der Waals surface area contributed by atoms with Crippen molar-refractivity contribution in [1.82, 2.24) is 9.88 Å². The average Bonchev–Trinajstić information content (AvgIpc) is 2.79. The number of ether oxygens (including phenoxy) is 1. The summed E-state index contributed by atoms with van der Waals surface area (Å²) in [5.74, 6) is -1.74. The van der Waals surface area contributed by atoms with Gasteiger partial charge >= 0.3 is 0 Å². The van der Waals surface area contributed by atoms with Gasteiger partial charge in [-0.2, -0.15) is 0 Å². The Morgan fingerprint density at radius 2 is 1.81 bits per heavy atom. The molecule has 8 heteroatoms. The van der Waals surface area contributed by atoms with E-state index >= 15 is 0 Å². The number of methoxy groups -OCH3 is 1. The zero-order valence-corrected chi connectivity index (χ0v) is 17.6. The zero-order chi connectivity index (χ0) is 22.8. The summed E-state index contributed by atoms with van der Waals surface area (Å²) in [5.41, 5.74) is -0.646. The Morgan fingerprint density at radius 3 is 2.50 bits per heavy atom. The fraction of sp³-hybridized carbons (Fsp3) is 0.333. The number of aliphatic hydroxyl groups excluding tert-OH is 1. The van der Waals surface area contributed by atoms with Gasteiger partial charge in [0.05, 0.1) is 30.2 Å². The number of benzene rings is 2. The molecule has 32 heavy (non-hydrogen) atoms. The third kappa shape index (κ3) is 4.23. The lowest BCUT2D eigenvalue weighted by molar-refractivity contribution is 0.0716. The number of fused-ring (bicyclic) bond motifs is 1. The minimum atomic E-state index is -0.901. The van der Waals surface area contributed by atoms with E-state index in [1.807, 2.05) is 0 Å². The molecule has 1 heterocycles. The van der Waals surface area contributed by atoms with Gasteiger partial charge in [0.25, 0.3) is 5.91 Å². The highest BCUT2D eigenvalue weighted by Gasteiger charge is 2.27. The van der Waals surface area contributed by atoms with Crippen LogP contribution in [0.4, 0.5) is 8.78 Å². The van der Waals surface area contributed by atoms with Gasteiger partial charge in [-0.3, -0.25) is 9.59 Å². The molecule has 2 aromatic carbocycles. The first kappa shape index (κ1) is 22.0. The topological polar surface area (TPSA) is 80.6 Å². The molecule has 1 aliphatic rings. The van der Waals surface area contributed by atoms with Crippen LogP contribution in [-0.4, -0.2) is 34.8 Å². The average molecular weight is 442 g/mol. The van der Waals surface area contributed by atoms with Crippen molar-refractivity contribution >= 4 is 16.8 Å². The number of aliphatic hydroxyl groups is 1. The molecule has 1 fully saturated rings. The normalized spacial score (nSPS) is 18.5. The van der Waals surface area contributed by atoms with E-state index < -0.39 is 40.5 Å². The number of pyridine rings is 1. The summed E-state index contributed by atoms with van der Waals surface area (Å²) in [6, 6.07) is 8.34. The van der Waals surface area contributed by atoms with Crippen LogP contribution in [0.1, 0.15) is 41.6 Å². The third-order valence-electron chi connectivity index (χ3n) is 5.92. The Hall–Kier alpha value is -3.26. The molecule has 1 aromatic heterocycles. The van der Waals surface area contributed by atoms with E-state index in [0.717, 1.165) is 30.5 Å². The van der Waals surface area contributed by atoms with Crippen LogP contribution in [0.2, 0.25) is 0 Å². The molecular weight excluding hydrogens is 418 g/mol. The molecule has 168 valence electrons. The van der Waals surface area contributed by atoms with Crippen molar-refractivity contribution in [3.05, 3.63) is 75.6 Å². The second-order valence-electron chi connectivity index (χ2n) is 8.03. The van der Waals surface area contributed by atoms with Crippen LogP contribution in [0.25, 0.3) is 10.9 Å². The molecule has 3 aromatic rings. The van der Waals surface area contributed by atoms with Gasteiger partial charge in [-0.1, -0.05) is 25.0 Å². The molecule has 0 unspecified atom stereocenters. The maximum atomic E-state index is 14.7. The standard InChI is InChI=1S/C24H24F2N2O4/c1-32-15-8-6-14(7-9-15)12-28-13-16(24(31)27-19-4-2-3-5-20(19)29)23(30)21-17(25)10-11-18(26)22(21)28/h6-11,13,19-20,29H,2-5,12H2,1H3,(H,27,31)/t19-,20-/m1/s1.